The number of aromatic amines is 1. The Morgan fingerprint density at radius 3 is 3.00 bits per heavy atom. The van der Waals surface area contributed by atoms with Crippen molar-refractivity contribution in [2.45, 2.75) is 37.9 Å². The Morgan fingerprint density at radius 1 is 1.42 bits per heavy atom. The number of thioether (sulfide) groups is 1. The number of hydrogen-bond donors (Lipinski definition) is 2. The van der Waals surface area contributed by atoms with Crippen molar-refractivity contribution < 1.29 is 14.7 Å². The molecule has 140 valence electrons. The molecule has 0 saturated carbocycles. The van der Waals surface area contributed by atoms with Gasteiger partial charge in [-0.25, -0.2) is 4.98 Å². The summed E-state index contributed by atoms with van der Waals surface area (Å²) in [4.78, 5) is 33.1. The van der Waals surface area contributed by atoms with Gasteiger partial charge in [-0.2, -0.15) is 0 Å². The number of nitrogens with zero attached hydrogens (tertiary/aromatic N) is 2. The van der Waals surface area contributed by atoms with Crippen LogP contribution in [0, 0.1) is 5.92 Å². The van der Waals surface area contributed by atoms with Crippen LogP contribution in [0.15, 0.2) is 24.3 Å². The van der Waals surface area contributed by atoms with E-state index in [2.05, 4.69) is 16.9 Å². The van der Waals surface area contributed by atoms with Crippen LogP contribution in [0.5, 0.6) is 0 Å². The van der Waals surface area contributed by atoms with E-state index in [4.69, 9.17) is 5.11 Å². The zero-order valence-corrected chi connectivity index (χ0v) is 15.8. The van der Waals surface area contributed by atoms with E-state index >= 15 is 0 Å². The van der Waals surface area contributed by atoms with Crippen LogP contribution in [0.1, 0.15) is 43.7 Å². The third-order valence-electron chi connectivity index (χ3n) is 4.89. The van der Waals surface area contributed by atoms with E-state index in [1.165, 1.54) is 0 Å². The Labute approximate surface area is 157 Å². The molecular formula is C19H25N3O3S. The zero-order chi connectivity index (χ0) is 18.5. The monoisotopic (exact) mass is 375 g/mol. The number of carboxylic acid groups (broad SMARTS) is 1. The number of aliphatic carboxylic acids is 1. The van der Waals surface area contributed by atoms with Crippen LogP contribution < -0.4 is 0 Å². The van der Waals surface area contributed by atoms with Crippen LogP contribution in [-0.2, 0) is 9.59 Å². The van der Waals surface area contributed by atoms with E-state index in [1.807, 2.05) is 29.2 Å². The molecular weight excluding hydrogens is 350 g/mol. The third kappa shape index (κ3) is 4.78. The fourth-order valence-corrected chi connectivity index (χ4v) is 4.23. The third-order valence-corrected chi connectivity index (χ3v) is 6.02. The number of nitrogens with one attached hydrogen (secondary N) is 1. The van der Waals surface area contributed by atoms with E-state index in [9.17, 15) is 9.59 Å². The Hall–Kier alpha value is -2.02. The molecule has 1 amide bonds. The maximum absolute atomic E-state index is 12.5. The number of aromatic nitrogens is 2. The van der Waals surface area contributed by atoms with Crippen molar-refractivity contribution in [2.24, 2.45) is 5.92 Å². The first-order valence-electron chi connectivity index (χ1n) is 9.08. The highest BCUT2D eigenvalue weighted by molar-refractivity contribution is 8.00. The van der Waals surface area contributed by atoms with Crippen LogP contribution in [0.3, 0.4) is 0 Å². The molecule has 2 unspecified atom stereocenters. The Morgan fingerprint density at radius 2 is 2.23 bits per heavy atom. The second kappa shape index (κ2) is 8.58. The second-order valence-electron chi connectivity index (χ2n) is 6.87. The van der Waals surface area contributed by atoms with Gasteiger partial charge in [0.2, 0.25) is 5.91 Å². The average Bonchev–Trinajstić information content (AvgIpc) is 3.08. The number of fused-ring (bicyclic) bond motifs is 1. The van der Waals surface area contributed by atoms with E-state index in [0.717, 1.165) is 36.2 Å². The van der Waals surface area contributed by atoms with Crippen molar-refractivity contribution in [1.82, 2.24) is 14.9 Å². The molecule has 0 bridgehead atoms. The molecule has 6 nitrogen and oxygen atoms in total. The van der Waals surface area contributed by atoms with Crippen LogP contribution in [0.25, 0.3) is 11.0 Å². The Balaban J connectivity index is 1.50. The quantitative estimate of drug-likeness (QED) is 0.774. The predicted molar refractivity (Wildman–Crippen MR) is 103 cm³/mol. The number of piperidine rings is 1. The smallest absolute Gasteiger partial charge is 0.303 e. The van der Waals surface area contributed by atoms with E-state index in [-0.39, 0.29) is 17.6 Å². The summed E-state index contributed by atoms with van der Waals surface area (Å²) in [5.41, 5.74) is 1.96. The van der Waals surface area contributed by atoms with Crippen LogP contribution in [-0.4, -0.2) is 50.7 Å². The molecule has 1 saturated heterocycles. The van der Waals surface area contributed by atoms with Gasteiger partial charge in [-0.1, -0.05) is 12.1 Å². The maximum atomic E-state index is 12.5. The van der Waals surface area contributed by atoms with Gasteiger partial charge in [-0.3, -0.25) is 9.59 Å². The largest absolute Gasteiger partial charge is 0.481 e. The molecule has 1 aromatic carbocycles. The first-order valence-corrected chi connectivity index (χ1v) is 10.1. The number of carbonyl (C=O) groups is 2. The van der Waals surface area contributed by atoms with Gasteiger partial charge in [-0.05, 0) is 44.2 Å². The molecule has 0 aliphatic carbocycles. The fourth-order valence-electron chi connectivity index (χ4n) is 3.39. The van der Waals surface area contributed by atoms with Crippen molar-refractivity contribution in [3.8, 4) is 0 Å². The summed E-state index contributed by atoms with van der Waals surface area (Å²) in [5, 5.41) is 8.94. The molecule has 1 fully saturated rings. The summed E-state index contributed by atoms with van der Waals surface area (Å²) >= 11 is 1.59. The number of likely N-dealkylation sites (tertiary alicyclic amines) is 1. The number of hydrogen-bond acceptors (Lipinski definition) is 4. The van der Waals surface area contributed by atoms with Gasteiger partial charge in [-0.15, -0.1) is 11.8 Å². The molecule has 1 aliphatic rings. The normalized spacial score (nSPS) is 18.8. The first kappa shape index (κ1) is 18.8. The zero-order valence-electron chi connectivity index (χ0n) is 15.0. The average molecular weight is 375 g/mol. The molecule has 2 N–H and O–H groups in total. The number of imidazole rings is 1. The summed E-state index contributed by atoms with van der Waals surface area (Å²) < 4.78 is 0. The van der Waals surface area contributed by atoms with Crippen LogP contribution in [0.2, 0.25) is 0 Å². The minimum Gasteiger partial charge on any atom is -0.481 e. The summed E-state index contributed by atoms with van der Waals surface area (Å²) in [6.45, 7) is 3.52. The highest BCUT2D eigenvalue weighted by atomic mass is 32.2. The van der Waals surface area contributed by atoms with Crippen molar-refractivity contribution in [2.75, 3.05) is 18.8 Å². The Bertz CT molecular complexity index is 743. The van der Waals surface area contributed by atoms with Crippen LogP contribution >= 0.6 is 11.8 Å². The first-order chi connectivity index (χ1) is 12.5. The fraction of sp³-hybridized carbons (Fsp3) is 0.526. The minimum atomic E-state index is -0.760. The number of amides is 1. The van der Waals surface area contributed by atoms with Crippen molar-refractivity contribution in [3.63, 3.8) is 0 Å². The summed E-state index contributed by atoms with van der Waals surface area (Å²) in [5.74, 6) is 0.995. The van der Waals surface area contributed by atoms with Gasteiger partial charge in [0.05, 0.1) is 22.0 Å². The number of H-pyrrole nitrogens is 1. The molecule has 2 atom stereocenters. The highest BCUT2D eigenvalue weighted by Crippen LogP contribution is 2.29. The molecule has 1 aromatic heterocycles. The highest BCUT2D eigenvalue weighted by Gasteiger charge is 2.24. The molecule has 2 heterocycles. The predicted octanol–water partition coefficient (Wildman–Crippen LogP) is 3.46. The van der Waals surface area contributed by atoms with Gasteiger partial charge in [0.1, 0.15) is 5.82 Å². The number of rotatable bonds is 7. The number of benzene rings is 1. The maximum Gasteiger partial charge on any atom is 0.303 e. The SMILES string of the molecule is CC(SCC(=O)N1CCCC(CCC(=O)O)C1)c1nc2ccccc2[nH]1. The second-order valence-corrected chi connectivity index (χ2v) is 8.20. The lowest BCUT2D eigenvalue weighted by molar-refractivity contribution is -0.137. The molecule has 0 radical (unpaired) electrons. The summed E-state index contributed by atoms with van der Waals surface area (Å²) in [6, 6.07) is 7.91. The van der Waals surface area contributed by atoms with Crippen molar-refractivity contribution >= 4 is 34.7 Å². The number of carbonyl (C=O) groups excluding carboxylic acids is 1. The molecule has 2 aromatic rings. The standard InChI is InChI=1S/C19H25N3O3S/c1-13(19-20-15-6-2-3-7-16(15)21-19)26-12-17(23)22-10-4-5-14(11-22)8-9-18(24)25/h2-3,6-7,13-14H,4-5,8-12H2,1H3,(H,20,21)(H,24,25). The summed E-state index contributed by atoms with van der Waals surface area (Å²) in [7, 11) is 0. The number of carboxylic acids is 1. The minimum absolute atomic E-state index is 0.110. The molecule has 7 heteroatoms. The van der Waals surface area contributed by atoms with Gasteiger partial charge in [0.25, 0.3) is 0 Å². The summed E-state index contributed by atoms with van der Waals surface area (Å²) in [6.07, 6.45) is 2.81. The molecule has 1 aliphatic heterocycles. The van der Waals surface area contributed by atoms with E-state index in [1.54, 1.807) is 11.8 Å². The van der Waals surface area contributed by atoms with Crippen LogP contribution in [0.4, 0.5) is 0 Å². The lowest BCUT2D eigenvalue weighted by Crippen LogP contribution is -2.41. The van der Waals surface area contributed by atoms with Crippen molar-refractivity contribution in [1.29, 1.82) is 0 Å². The topological polar surface area (TPSA) is 86.3 Å². The molecule has 3 rings (SSSR count). The van der Waals surface area contributed by atoms with E-state index in [0.29, 0.717) is 24.6 Å². The van der Waals surface area contributed by atoms with E-state index < -0.39 is 5.97 Å². The lowest BCUT2D eigenvalue weighted by Gasteiger charge is -2.32. The van der Waals surface area contributed by atoms with Gasteiger partial charge in [0, 0.05) is 19.5 Å². The molecule has 26 heavy (non-hydrogen) atoms. The van der Waals surface area contributed by atoms with Gasteiger partial charge in [0.15, 0.2) is 0 Å². The van der Waals surface area contributed by atoms with Gasteiger partial charge < -0.3 is 15.0 Å². The Kier molecular flexibility index (Phi) is 6.19. The number of para-hydroxylation sites is 2. The molecule has 0 spiro atoms. The lowest BCUT2D eigenvalue weighted by atomic mass is 9.93. The van der Waals surface area contributed by atoms with Crippen molar-refractivity contribution in [3.05, 3.63) is 30.1 Å². The van der Waals surface area contributed by atoms with Gasteiger partial charge >= 0.3 is 5.97 Å².